The van der Waals surface area contributed by atoms with E-state index in [0.29, 0.717) is 32.7 Å². The number of aliphatic hydroxyl groups is 1. The predicted octanol–water partition coefficient (Wildman–Crippen LogP) is 0.387. The molecule has 3 rings (SSSR count). The SMILES string of the molecule is O=C1CCCCN1CC(=O)N1CCOC[C@@H]1[C@H]1CCC[C@H]1O. The molecule has 0 aromatic rings. The van der Waals surface area contributed by atoms with Gasteiger partial charge < -0.3 is 19.6 Å². The molecule has 1 aliphatic carbocycles. The molecule has 0 aromatic heterocycles. The highest BCUT2D eigenvalue weighted by Gasteiger charge is 2.39. The molecule has 3 aliphatic rings. The number of ether oxygens (including phenoxy) is 1. The number of piperidine rings is 1. The second-order valence-electron chi connectivity index (χ2n) is 6.66. The summed E-state index contributed by atoms with van der Waals surface area (Å²) in [6.45, 7) is 2.47. The molecule has 1 N–H and O–H groups in total. The number of nitrogens with zero attached hydrogens (tertiary/aromatic N) is 2. The summed E-state index contributed by atoms with van der Waals surface area (Å²) in [4.78, 5) is 28.1. The molecule has 3 fully saturated rings. The quantitative estimate of drug-likeness (QED) is 0.818. The third-order valence-corrected chi connectivity index (χ3v) is 5.26. The van der Waals surface area contributed by atoms with Crippen LogP contribution in [0, 0.1) is 5.92 Å². The molecular formula is C16H26N2O4. The summed E-state index contributed by atoms with van der Waals surface area (Å²) >= 11 is 0. The Morgan fingerprint density at radius 1 is 1.23 bits per heavy atom. The molecule has 2 heterocycles. The molecule has 2 saturated heterocycles. The standard InChI is InChI=1S/C16H26N2O4/c19-14-5-3-4-12(14)13-11-22-9-8-18(13)16(21)10-17-7-2-1-6-15(17)20/h12-14,19H,1-11H2/t12-,13-,14-/m1/s1. The summed E-state index contributed by atoms with van der Waals surface area (Å²) in [6, 6.07) is -0.0429. The van der Waals surface area contributed by atoms with Crippen LogP contribution in [0.3, 0.4) is 0 Å². The van der Waals surface area contributed by atoms with Crippen LogP contribution in [0.2, 0.25) is 0 Å². The zero-order valence-corrected chi connectivity index (χ0v) is 13.1. The minimum absolute atomic E-state index is 0.00245. The third-order valence-electron chi connectivity index (χ3n) is 5.26. The van der Waals surface area contributed by atoms with Crippen LogP contribution in [0.25, 0.3) is 0 Å². The van der Waals surface area contributed by atoms with E-state index in [2.05, 4.69) is 0 Å². The second-order valence-corrected chi connectivity index (χ2v) is 6.66. The number of hydrogen-bond acceptors (Lipinski definition) is 4. The van der Waals surface area contributed by atoms with Gasteiger partial charge in [-0.2, -0.15) is 0 Å². The van der Waals surface area contributed by atoms with Crippen molar-refractivity contribution in [1.82, 2.24) is 9.80 Å². The van der Waals surface area contributed by atoms with Gasteiger partial charge in [0, 0.05) is 25.4 Å². The van der Waals surface area contributed by atoms with Crippen molar-refractivity contribution in [3.63, 3.8) is 0 Å². The van der Waals surface area contributed by atoms with Crippen molar-refractivity contribution in [2.75, 3.05) is 32.8 Å². The molecule has 0 spiro atoms. The average molecular weight is 310 g/mol. The van der Waals surface area contributed by atoms with Crippen LogP contribution in [0.5, 0.6) is 0 Å². The highest BCUT2D eigenvalue weighted by Crippen LogP contribution is 2.32. The molecule has 22 heavy (non-hydrogen) atoms. The number of rotatable bonds is 3. The molecule has 124 valence electrons. The van der Waals surface area contributed by atoms with Gasteiger partial charge in [0.15, 0.2) is 0 Å². The second kappa shape index (κ2) is 6.96. The molecule has 0 radical (unpaired) electrons. The first-order valence-electron chi connectivity index (χ1n) is 8.50. The van der Waals surface area contributed by atoms with Crippen LogP contribution < -0.4 is 0 Å². The van der Waals surface area contributed by atoms with E-state index >= 15 is 0 Å². The topological polar surface area (TPSA) is 70.1 Å². The van der Waals surface area contributed by atoms with Gasteiger partial charge in [-0.15, -0.1) is 0 Å². The molecule has 0 unspecified atom stereocenters. The molecule has 2 amide bonds. The van der Waals surface area contributed by atoms with Gasteiger partial charge in [-0.3, -0.25) is 9.59 Å². The van der Waals surface area contributed by atoms with Gasteiger partial charge in [0.05, 0.1) is 31.9 Å². The first-order valence-corrected chi connectivity index (χ1v) is 8.50. The van der Waals surface area contributed by atoms with Gasteiger partial charge >= 0.3 is 0 Å². The van der Waals surface area contributed by atoms with E-state index in [1.165, 1.54) is 0 Å². The van der Waals surface area contributed by atoms with Crippen LogP contribution in [0.4, 0.5) is 0 Å². The number of carbonyl (C=O) groups is 2. The maximum atomic E-state index is 12.7. The Morgan fingerprint density at radius 2 is 2.09 bits per heavy atom. The summed E-state index contributed by atoms with van der Waals surface area (Å²) in [6.07, 6.45) is 4.90. The smallest absolute Gasteiger partial charge is 0.242 e. The average Bonchev–Trinajstić information content (AvgIpc) is 2.95. The monoisotopic (exact) mass is 310 g/mol. The Morgan fingerprint density at radius 3 is 2.82 bits per heavy atom. The van der Waals surface area contributed by atoms with Crippen molar-refractivity contribution >= 4 is 11.8 Å². The van der Waals surface area contributed by atoms with E-state index in [0.717, 1.165) is 32.1 Å². The Balaban J connectivity index is 1.64. The van der Waals surface area contributed by atoms with Gasteiger partial charge in [0.1, 0.15) is 0 Å². The normalized spacial score (nSPS) is 33.3. The van der Waals surface area contributed by atoms with E-state index in [-0.39, 0.29) is 36.4 Å². The predicted molar refractivity (Wildman–Crippen MR) is 80.1 cm³/mol. The highest BCUT2D eigenvalue weighted by molar-refractivity contribution is 5.85. The Kier molecular flexibility index (Phi) is 4.98. The molecule has 0 bridgehead atoms. The summed E-state index contributed by atoms with van der Waals surface area (Å²) in [5, 5.41) is 10.1. The van der Waals surface area contributed by atoms with Crippen molar-refractivity contribution in [2.24, 2.45) is 5.92 Å². The Bertz CT molecular complexity index is 428. The van der Waals surface area contributed by atoms with Gasteiger partial charge in [0.25, 0.3) is 0 Å². The van der Waals surface area contributed by atoms with Crippen LogP contribution >= 0.6 is 0 Å². The number of likely N-dealkylation sites (tertiary alicyclic amines) is 1. The summed E-state index contributed by atoms with van der Waals surface area (Å²) < 4.78 is 5.55. The fourth-order valence-electron chi connectivity index (χ4n) is 3.99. The van der Waals surface area contributed by atoms with Crippen molar-refractivity contribution in [1.29, 1.82) is 0 Å². The summed E-state index contributed by atoms with van der Waals surface area (Å²) in [7, 11) is 0. The molecule has 0 aromatic carbocycles. The van der Waals surface area contributed by atoms with Gasteiger partial charge in [0.2, 0.25) is 11.8 Å². The lowest BCUT2D eigenvalue weighted by atomic mass is 9.94. The van der Waals surface area contributed by atoms with E-state index < -0.39 is 0 Å². The number of aliphatic hydroxyl groups excluding tert-OH is 1. The lowest BCUT2D eigenvalue weighted by molar-refractivity contribution is -0.150. The maximum Gasteiger partial charge on any atom is 0.242 e. The first kappa shape index (κ1) is 15.7. The van der Waals surface area contributed by atoms with Crippen molar-refractivity contribution in [3.05, 3.63) is 0 Å². The molecule has 2 aliphatic heterocycles. The van der Waals surface area contributed by atoms with Crippen LogP contribution in [-0.4, -0.2) is 71.7 Å². The summed E-state index contributed by atoms with van der Waals surface area (Å²) in [5.74, 6) is 0.203. The van der Waals surface area contributed by atoms with E-state index in [1.807, 2.05) is 4.90 Å². The Labute approximate surface area is 131 Å². The van der Waals surface area contributed by atoms with Crippen molar-refractivity contribution in [2.45, 2.75) is 50.7 Å². The number of carbonyl (C=O) groups excluding carboxylic acids is 2. The van der Waals surface area contributed by atoms with Crippen molar-refractivity contribution < 1.29 is 19.4 Å². The molecule has 6 nitrogen and oxygen atoms in total. The van der Waals surface area contributed by atoms with E-state index in [1.54, 1.807) is 4.90 Å². The zero-order chi connectivity index (χ0) is 15.5. The fourth-order valence-corrected chi connectivity index (χ4v) is 3.99. The fraction of sp³-hybridized carbons (Fsp3) is 0.875. The lowest BCUT2D eigenvalue weighted by Gasteiger charge is -2.41. The van der Waals surface area contributed by atoms with Gasteiger partial charge in [-0.1, -0.05) is 6.42 Å². The van der Waals surface area contributed by atoms with E-state index in [4.69, 9.17) is 4.74 Å². The van der Waals surface area contributed by atoms with Crippen molar-refractivity contribution in [3.8, 4) is 0 Å². The maximum absolute atomic E-state index is 12.7. The summed E-state index contributed by atoms with van der Waals surface area (Å²) in [5.41, 5.74) is 0. The van der Waals surface area contributed by atoms with Gasteiger partial charge in [-0.25, -0.2) is 0 Å². The lowest BCUT2D eigenvalue weighted by Crippen LogP contribution is -2.56. The zero-order valence-electron chi connectivity index (χ0n) is 13.1. The van der Waals surface area contributed by atoms with Crippen LogP contribution in [0.1, 0.15) is 38.5 Å². The Hall–Kier alpha value is -1.14. The minimum atomic E-state index is -0.335. The highest BCUT2D eigenvalue weighted by atomic mass is 16.5. The molecule has 3 atom stereocenters. The number of amides is 2. The van der Waals surface area contributed by atoms with Gasteiger partial charge in [-0.05, 0) is 25.7 Å². The number of hydrogen-bond donors (Lipinski definition) is 1. The number of morpholine rings is 1. The molecular weight excluding hydrogens is 284 g/mol. The minimum Gasteiger partial charge on any atom is -0.393 e. The van der Waals surface area contributed by atoms with E-state index in [9.17, 15) is 14.7 Å². The third kappa shape index (κ3) is 3.27. The van der Waals surface area contributed by atoms with Crippen LogP contribution in [0.15, 0.2) is 0 Å². The van der Waals surface area contributed by atoms with Crippen LogP contribution in [-0.2, 0) is 14.3 Å². The molecule has 6 heteroatoms. The largest absolute Gasteiger partial charge is 0.393 e. The molecule has 1 saturated carbocycles. The first-order chi connectivity index (χ1) is 10.7.